The number of hydrogen-bond acceptors (Lipinski definition) is 1. The standard InChI is InChI=1S/C10H22.C9H20.C7H16O/c1-6-9(5)10(7-2)8(3)4;1-6-9(7(2)3)8(4)5;1-6(2)5-7(3,4)8/h8-10H,6-7H2,1-5H3;7-9H,6H2,1-5H3;6,8H,5H2,1-4H3. The summed E-state index contributed by atoms with van der Waals surface area (Å²) in [6, 6.07) is 0. The van der Waals surface area contributed by atoms with E-state index in [1.807, 2.05) is 13.8 Å². The van der Waals surface area contributed by atoms with Crippen LogP contribution in [0.25, 0.3) is 0 Å². The molecule has 1 N–H and O–H groups in total. The molecule has 0 bridgehead atoms. The van der Waals surface area contributed by atoms with E-state index in [2.05, 4.69) is 83.1 Å². The molecule has 0 saturated heterocycles. The maximum atomic E-state index is 9.19. The van der Waals surface area contributed by atoms with Gasteiger partial charge < -0.3 is 5.11 Å². The van der Waals surface area contributed by atoms with Crippen molar-refractivity contribution in [3.8, 4) is 0 Å². The van der Waals surface area contributed by atoms with Crippen LogP contribution in [0.15, 0.2) is 0 Å². The normalized spacial score (nSPS) is 14.2. The molecule has 0 saturated carbocycles. The first kappa shape index (κ1) is 31.6. The van der Waals surface area contributed by atoms with Crippen molar-refractivity contribution >= 4 is 0 Å². The van der Waals surface area contributed by atoms with Crippen LogP contribution >= 0.6 is 0 Å². The van der Waals surface area contributed by atoms with Crippen LogP contribution in [0.4, 0.5) is 0 Å². The molecule has 0 aliphatic heterocycles. The quantitative estimate of drug-likeness (QED) is 0.419. The van der Waals surface area contributed by atoms with Gasteiger partial charge in [-0.2, -0.15) is 0 Å². The lowest BCUT2D eigenvalue weighted by Gasteiger charge is -2.24. The molecule has 0 spiro atoms. The van der Waals surface area contributed by atoms with Gasteiger partial charge in [-0.05, 0) is 61.7 Å². The Balaban J connectivity index is -0.000000322. The monoisotopic (exact) mass is 386 g/mol. The van der Waals surface area contributed by atoms with Crippen LogP contribution in [-0.4, -0.2) is 10.7 Å². The highest BCUT2D eigenvalue weighted by Crippen LogP contribution is 2.26. The van der Waals surface area contributed by atoms with Gasteiger partial charge in [0.1, 0.15) is 0 Å². The Kier molecular flexibility index (Phi) is 19.8. The summed E-state index contributed by atoms with van der Waals surface area (Å²) in [6.07, 6.45) is 4.88. The summed E-state index contributed by atoms with van der Waals surface area (Å²) in [5, 5.41) is 9.19. The molecule has 0 aromatic carbocycles. The number of hydrogen-bond donors (Lipinski definition) is 1. The van der Waals surface area contributed by atoms with Gasteiger partial charge in [-0.15, -0.1) is 0 Å². The molecule has 1 nitrogen and oxygen atoms in total. The minimum Gasteiger partial charge on any atom is -0.390 e. The Morgan fingerprint density at radius 2 is 0.926 bits per heavy atom. The van der Waals surface area contributed by atoms with E-state index in [0.717, 1.165) is 41.9 Å². The molecule has 0 fully saturated rings. The minimum atomic E-state index is -0.478. The molecule has 2 unspecified atom stereocenters. The molecule has 27 heavy (non-hydrogen) atoms. The molecule has 2 atom stereocenters. The van der Waals surface area contributed by atoms with Gasteiger partial charge in [-0.1, -0.05) is 102 Å². The third-order valence-corrected chi connectivity index (χ3v) is 5.79. The van der Waals surface area contributed by atoms with Gasteiger partial charge in [0.25, 0.3) is 0 Å². The third kappa shape index (κ3) is 20.5. The topological polar surface area (TPSA) is 20.2 Å². The van der Waals surface area contributed by atoms with Crippen molar-refractivity contribution in [2.24, 2.45) is 41.4 Å². The van der Waals surface area contributed by atoms with E-state index in [4.69, 9.17) is 0 Å². The Labute approximate surface area is 175 Å². The molecule has 0 aliphatic carbocycles. The second-order valence-corrected chi connectivity index (χ2v) is 10.7. The van der Waals surface area contributed by atoms with Crippen LogP contribution < -0.4 is 0 Å². The van der Waals surface area contributed by atoms with Crippen molar-refractivity contribution in [2.75, 3.05) is 0 Å². The Morgan fingerprint density at radius 3 is 0.963 bits per heavy atom. The predicted octanol–water partition coefficient (Wildman–Crippen LogP) is 8.84. The van der Waals surface area contributed by atoms with Crippen LogP contribution in [0.5, 0.6) is 0 Å². The molecule has 0 heterocycles. The summed E-state index contributed by atoms with van der Waals surface area (Å²) in [5.41, 5.74) is -0.478. The van der Waals surface area contributed by atoms with Crippen LogP contribution in [-0.2, 0) is 0 Å². The zero-order valence-electron chi connectivity index (χ0n) is 21.8. The van der Waals surface area contributed by atoms with Crippen molar-refractivity contribution in [3.05, 3.63) is 0 Å². The van der Waals surface area contributed by atoms with E-state index in [0.29, 0.717) is 5.92 Å². The molecular weight excluding hydrogens is 328 g/mol. The van der Waals surface area contributed by atoms with E-state index in [1.165, 1.54) is 19.3 Å². The Bertz CT molecular complexity index is 288. The van der Waals surface area contributed by atoms with Gasteiger partial charge >= 0.3 is 0 Å². The summed E-state index contributed by atoms with van der Waals surface area (Å²) < 4.78 is 0. The molecule has 0 amide bonds. The van der Waals surface area contributed by atoms with Gasteiger partial charge in [0, 0.05) is 0 Å². The fraction of sp³-hybridized carbons (Fsp3) is 1.00. The highest BCUT2D eigenvalue weighted by Gasteiger charge is 2.16. The first-order valence-corrected chi connectivity index (χ1v) is 11.9. The van der Waals surface area contributed by atoms with Crippen LogP contribution in [0.3, 0.4) is 0 Å². The van der Waals surface area contributed by atoms with E-state index in [9.17, 15) is 5.11 Å². The van der Waals surface area contributed by atoms with Gasteiger partial charge in [-0.3, -0.25) is 0 Å². The maximum Gasteiger partial charge on any atom is 0.0594 e. The molecule has 0 aromatic heterocycles. The highest BCUT2D eigenvalue weighted by atomic mass is 16.3. The van der Waals surface area contributed by atoms with Crippen molar-refractivity contribution in [3.63, 3.8) is 0 Å². The van der Waals surface area contributed by atoms with E-state index in [1.54, 1.807) is 0 Å². The summed E-state index contributed by atoms with van der Waals surface area (Å²) >= 11 is 0. The number of rotatable bonds is 9. The largest absolute Gasteiger partial charge is 0.390 e. The molecule has 1 heteroatoms. The van der Waals surface area contributed by atoms with Crippen LogP contribution in [0.2, 0.25) is 0 Å². The lowest BCUT2D eigenvalue weighted by molar-refractivity contribution is 0.0579. The van der Waals surface area contributed by atoms with Crippen molar-refractivity contribution in [2.45, 2.75) is 128 Å². The van der Waals surface area contributed by atoms with Gasteiger partial charge in [0.2, 0.25) is 0 Å². The third-order valence-electron chi connectivity index (χ3n) is 5.79. The molecule has 0 radical (unpaired) electrons. The molecule has 0 aromatic rings. The average molecular weight is 387 g/mol. The molecule has 0 aliphatic rings. The van der Waals surface area contributed by atoms with Gasteiger partial charge in [0.05, 0.1) is 5.60 Å². The van der Waals surface area contributed by atoms with Crippen molar-refractivity contribution < 1.29 is 5.11 Å². The zero-order chi connectivity index (χ0) is 22.4. The summed E-state index contributed by atoms with van der Waals surface area (Å²) in [4.78, 5) is 0. The van der Waals surface area contributed by atoms with E-state index < -0.39 is 5.60 Å². The highest BCUT2D eigenvalue weighted by molar-refractivity contribution is 4.67. The lowest BCUT2D eigenvalue weighted by atomic mass is 9.81. The second-order valence-electron chi connectivity index (χ2n) is 10.7. The maximum absolute atomic E-state index is 9.19. The minimum absolute atomic E-state index is 0.478. The van der Waals surface area contributed by atoms with Gasteiger partial charge in [-0.25, -0.2) is 0 Å². The smallest absolute Gasteiger partial charge is 0.0594 e. The Morgan fingerprint density at radius 1 is 0.593 bits per heavy atom. The first-order chi connectivity index (χ1) is 12.1. The molecule has 0 rings (SSSR count). The summed E-state index contributed by atoms with van der Waals surface area (Å²) in [5.74, 6) is 5.93. The second kappa shape index (κ2) is 16.9. The number of aliphatic hydroxyl groups is 1. The van der Waals surface area contributed by atoms with E-state index >= 15 is 0 Å². The molecule has 168 valence electrons. The SMILES string of the molecule is CC(C)CC(C)(C)O.CCC(C(C)C)C(C)C.CCC(C)C(CC)C(C)C. The van der Waals surface area contributed by atoms with Crippen LogP contribution in [0, 0.1) is 41.4 Å². The summed E-state index contributed by atoms with van der Waals surface area (Å²) in [7, 11) is 0. The predicted molar refractivity (Wildman–Crippen MR) is 127 cm³/mol. The lowest BCUT2D eigenvalue weighted by Crippen LogP contribution is -2.20. The first-order valence-electron chi connectivity index (χ1n) is 11.9. The Hall–Kier alpha value is -0.0400. The zero-order valence-corrected chi connectivity index (χ0v) is 21.8. The van der Waals surface area contributed by atoms with Gasteiger partial charge in [0.15, 0.2) is 0 Å². The van der Waals surface area contributed by atoms with Crippen molar-refractivity contribution in [1.82, 2.24) is 0 Å². The average Bonchev–Trinajstić information content (AvgIpc) is 2.45. The van der Waals surface area contributed by atoms with Crippen LogP contribution in [0.1, 0.15) is 123 Å². The summed E-state index contributed by atoms with van der Waals surface area (Å²) in [6.45, 7) is 31.1. The fourth-order valence-electron chi connectivity index (χ4n) is 4.55. The van der Waals surface area contributed by atoms with Crippen molar-refractivity contribution in [1.29, 1.82) is 0 Å². The fourth-order valence-corrected chi connectivity index (χ4v) is 4.55. The van der Waals surface area contributed by atoms with E-state index in [-0.39, 0.29) is 0 Å². The molecular formula is C26H58O.